The Bertz CT molecular complexity index is 2690. The van der Waals surface area contributed by atoms with Gasteiger partial charge in [0, 0.05) is 105 Å². The molecule has 65 heavy (non-hydrogen) atoms. The van der Waals surface area contributed by atoms with Gasteiger partial charge in [-0.3, -0.25) is 29.2 Å². The highest BCUT2D eigenvalue weighted by Crippen LogP contribution is 2.32. The largest absolute Gasteiger partial charge is 0.374 e. The molecule has 0 radical (unpaired) electrons. The first-order valence-electron chi connectivity index (χ1n) is 21.8. The molecule has 6 heterocycles. The minimum absolute atomic E-state index is 0.0634. The molecule has 0 saturated carbocycles. The zero-order valence-electron chi connectivity index (χ0n) is 36.1. The topological polar surface area (TPSA) is 206 Å². The summed E-state index contributed by atoms with van der Waals surface area (Å²) in [6.07, 6.45) is 10.3. The van der Waals surface area contributed by atoms with E-state index in [4.69, 9.17) is 0 Å². The van der Waals surface area contributed by atoms with E-state index in [2.05, 4.69) is 52.3 Å². The van der Waals surface area contributed by atoms with E-state index in [0.29, 0.717) is 79.5 Å². The number of imide groups is 1. The number of rotatable bonds is 15. The fourth-order valence-electron chi connectivity index (χ4n) is 8.49. The van der Waals surface area contributed by atoms with Crippen molar-refractivity contribution in [2.24, 2.45) is 0 Å². The number of fused-ring (bicyclic) bond motifs is 1. The third-order valence-electron chi connectivity index (χ3n) is 12.5. The Hall–Kier alpha value is -6.38. The van der Waals surface area contributed by atoms with Gasteiger partial charge in [-0.1, -0.05) is 19.1 Å². The molecule has 1 atom stereocenters. The van der Waals surface area contributed by atoms with E-state index in [1.807, 2.05) is 21.9 Å². The van der Waals surface area contributed by atoms with Crippen molar-refractivity contribution in [3.8, 4) is 11.1 Å². The van der Waals surface area contributed by atoms with E-state index in [0.717, 1.165) is 61.0 Å². The highest BCUT2D eigenvalue weighted by Gasteiger charge is 2.29. The number of nitrogens with one attached hydrogen (secondary N) is 4. The Morgan fingerprint density at radius 2 is 1.62 bits per heavy atom. The number of hydrogen-bond acceptors (Lipinski definition) is 12. The maximum atomic E-state index is 15.6. The van der Waals surface area contributed by atoms with Crippen molar-refractivity contribution in [3.05, 3.63) is 95.6 Å². The quantitative estimate of drug-likeness (QED) is 0.0837. The number of anilines is 3. The fourth-order valence-corrected chi connectivity index (χ4v) is 9.42. The molecule has 0 spiro atoms. The van der Waals surface area contributed by atoms with Crippen LogP contribution >= 0.6 is 0 Å². The van der Waals surface area contributed by atoms with Crippen LogP contribution in [0.1, 0.15) is 72.9 Å². The molecular weight excluding hydrogens is 861 g/mol. The SMILES string of the molecule is CCN(C)S(=O)(=O)Nc1ccc(F)c(C(=O)c2c[nH]c3ncc(-c4cnc(N5CCN(C(=O)CCCN6CCC(c7ccc(NC8CCC(=O)NC8=O)cc7)CC6)CC5)nc4)cc23)c1F. The zero-order valence-corrected chi connectivity index (χ0v) is 37.0. The van der Waals surface area contributed by atoms with Gasteiger partial charge >= 0.3 is 10.2 Å². The number of halogens is 2. The van der Waals surface area contributed by atoms with Gasteiger partial charge in [-0.15, -0.1) is 0 Å². The molecule has 1 unspecified atom stereocenters. The lowest BCUT2D eigenvalue weighted by Gasteiger charge is -2.35. The van der Waals surface area contributed by atoms with E-state index in [1.54, 1.807) is 31.6 Å². The van der Waals surface area contributed by atoms with E-state index < -0.39 is 44.9 Å². The average Bonchev–Trinajstić information content (AvgIpc) is 3.75. The molecule has 342 valence electrons. The number of amides is 3. The van der Waals surface area contributed by atoms with Gasteiger partial charge in [0.05, 0.1) is 11.3 Å². The van der Waals surface area contributed by atoms with E-state index >= 15 is 8.78 Å². The van der Waals surface area contributed by atoms with Gasteiger partial charge in [0.1, 0.15) is 17.5 Å². The molecular formula is C45H51F2N11O6S. The fraction of sp³-hybridized carbons (Fsp3) is 0.400. The van der Waals surface area contributed by atoms with Crippen LogP contribution in [-0.4, -0.2) is 131 Å². The van der Waals surface area contributed by atoms with Crippen LogP contribution in [0.3, 0.4) is 0 Å². The van der Waals surface area contributed by atoms with Gasteiger partial charge in [0.25, 0.3) is 0 Å². The van der Waals surface area contributed by atoms with Gasteiger partial charge in [-0.2, -0.15) is 12.7 Å². The van der Waals surface area contributed by atoms with Crippen molar-refractivity contribution >= 4 is 62.1 Å². The summed E-state index contributed by atoms with van der Waals surface area (Å²) in [6, 6.07) is 11.2. The number of piperidine rings is 2. The number of ketones is 1. The van der Waals surface area contributed by atoms with E-state index in [9.17, 15) is 27.6 Å². The lowest BCUT2D eigenvalue weighted by atomic mass is 9.89. The number of carbonyl (C=O) groups is 4. The van der Waals surface area contributed by atoms with Gasteiger partial charge in [-0.05, 0) is 87.1 Å². The van der Waals surface area contributed by atoms with Gasteiger partial charge in [0.15, 0.2) is 5.82 Å². The maximum Gasteiger partial charge on any atom is 0.301 e. The van der Waals surface area contributed by atoms with Gasteiger partial charge < -0.3 is 25.0 Å². The van der Waals surface area contributed by atoms with E-state index in [1.165, 1.54) is 18.8 Å². The average molecular weight is 912 g/mol. The van der Waals surface area contributed by atoms with Crippen LogP contribution in [0.4, 0.5) is 26.1 Å². The first-order valence-corrected chi connectivity index (χ1v) is 23.2. The summed E-state index contributed by atoms with van der Waals surface area (Å²) < 4.78 is 58.7. The Kier molecular flexibility index (Phi) is 13.5. The number of aromatic nitrogens is 4. The van der Waals surface area contributed by atoms with Crippen molar-refractivity contribution in [2.45, 2.75) is 57.4 Å². The van der Waals surface area contributed by atoms with Crippen LogP contribution in [0.15, 0.2) is 67.3 Å². The predicted molar refractivity (Wildman–Crippen MR) is 240 cm³/mol. The summed E-state index contributed by atoms with van der Waals surface area (Å²) >= 11 is 0. The predicted octanol–water partition coefficient (Wildman–Crippen LogP) is 4.66. The summed E-state index contributed by atoms with van der Waals surface area (Å²) in [6.45, 7) is 6.73. The zero-order chi connectivity index (χ0) is 45.8. The molecule has 2 aromatic carbocycles. The van der Waals surface area contributed by atoms with Crippen LogP contribution in [0.2, 0.25) is 0 Å². The number of aromatic amines is 1. The highest BCUT2D eigenvalue weighted by atomic mass is 32.2. The number of nitrogens with zero attached hydrogens (tertiary/aromatic N) is 7. The number of pyridine rings is 1. The number of piperazine rings is 1. The lowest BCUT2D eigenvalue weighted by molar-refractivity contribution is -0.134. The minimum atomic E-state index is -4.15. The second kappa shape index (κ2) is 19.4. The molecule has 3 saturated heterocycles. The van der Waals surface area contributed by atoms with Crippen LogP contribution in [0, 0.1) is 11.6 Å². The van der Waals surface area contributed by atoms with Crippen molar-refractivity contribution in [3.63, 3.8) is 0 Å². The second-order valence-electron chi connectivity index (χ2n) is 16.6. The normalized spacial score (nSPS) is 17.7. The van der Waals surface area contributed by atoms with Gasteiger partial charge in [-0.25, -0.2) is 23.7 Å². The summed E-state index contributed by atoms with van der Waals surface area (Å²) in [5.74, 6) is -2.92. The molecule has 20 heteroatoms. The Balaban J connectivity index is 0.796. The third-order valence-corrected chi connectivity index (χ3v) is 14.0. The van der Waals surface area contributed by atoms with Crippen molar-refractivity contribution in [2.75, 3.05) is 74.3 Å². The van der Waals surface area contributed by atoms with Crippen LogP contribution in [0.25, 0.3) is 22.2 Å². The molecule has 0 bridgehead atoms. The number of carbonyl (C=O) groups excluding carboxylic acids is 4. The van der Waals surface area contributed by atoms with Crippen molar-refractivity contribution in [1.29, 1.82) is 0 Å². The molecule has 3 aliphatic heterocycles. The number of likely N-dealkylation sites (tertiary alicyclic amines) is 1. The molecule has 3 amide bonds. The van der Waals surface area contributed by atoms with E-state index in [-0.39, 0.29) is 29.8 Å². The van der Waals surface area contributed by atoms with Crippen LogP contribution < -0.4 is 20.3 Å². The minimum Gasteiger partial charge on any atom is -0.374 e. The molecule has 0 aliphatic carbocycles. The molecule has 5 aromatic rings. The monoisotopic (exact) mass is 911 g/mol. The number of H-pyrrole nitrogens is 1. The molecule has 3 fully saturated rings. The van der Waals surface area contributed by atoms with Crippen LogP contribution in [-0.2, 0) is 24.6 Å². The Morgan fingerprint density at radius 1 is 0.908 bits per heavy atom. The highest BCUT2D eigenvalue weighted by molar-refractivity contribution is 7.90. The van der Waals surface area contributed by atoms with Crippen LogP contribution in [0.5, 0.6) is 0 Å². The number of hydrogen-bond donors (Lipinski definition) is 4. The molecule has 17 nitrogen and oxygen atoms in total. The first-order chi connectivity index (χ1) is 31.3. The second-order valence-corrected chi connectivity index (χ2v) is 18.4. The Labute approximate surface area is 375 Å². The first kappa shape index (κ1) is 45.2. The Morgan fingerprint density at radius 3 is 2.31 bits per heavy atom. The smallest absolute Gasteiger partial charge is 0.301 e. The lowest BCUT2D eigenvalue weighted by Crippen LogP contribution is -2.49. The summed E-state index contributed by atoms with van der Waals surface area (Å²) in [4.78, 5) is 73.1. The summed E-state index contributed by atoms with van der Waals surface area (Å²) in [5.41, 5.74) is 2.03. The molecule has 3 aromatic heterocycles. The number of benzene rings is 2. The molecule has 4 N–H and O–H groups in total. The standard InChI is InChI=1S/C45H51F2N11O6S/c1-3-55(2)65(63,64)54-36-11-10-35(46)40(41(36)47)42(61)34-27-49-43-33(34)23-30(24-48-43)31-25-50-45(51-26-31)58-21-19-57(20-22-58)39(60)5-4-16-56-17-14-29(15-18-56)28-6-8-32(9-7-28)52-37-12-13-38(59)53-44(37)62/h6-11,23-27,29,37,52,54H,3-5,12-22H2,1-2H3,(H,48,49)(H,53,59,62). The maximum absolute atomic E-state index is 15.6. The summed E-state index contributed by atoms with van der Waals surface area (Å²) in [5, 5.41) is 5.91. The molecule has 3 aliphatic rings. The van der Waals surface area contributed by atoms with Crippen molar-refractivity contribution < 1.29 is 36.4 Å². The van der Waals surface area contributed by atoms with Gasteiger partial charge in [0.2, 0.25) is 29.5 Å². The third kappa shape index (κ3) is 10.1. The molecule has 8 rings (SSSR count). The summed E-state index contributed by atoms with van der Waals surface area (Å²) in [7, 11) is -2.86. The van der Waals surface area contributed by atoms with Crippen molar-refractivity contribution in [1.82, 2.24) is 39.4 Å².